The van der Waals surface area contributed by atoms with Crippen molar-refractivity contribution in [3.8, 4) is 11.5 Å². The highest BCUT2D eigenvalue weighted by Gasteiger charge is 2.39. The molecule has 0 N–H and O–H groups in total. The Morgan fingerprint density at radius 3 is 2.07 bits per heavy atom. The average Bonchev–Trinajstić information content (AvgIpc) is 3.02. The molecular formula is C23H23ClN2O4. The summed E-state index contributed by atoms with van der Waals surface area (Å²) in [5.41, 5.74) is 2.25. The topological polar surface area (TPSA) is 59.1 Å². The number of rotatable bonds is 5. The summed E-state index contributed by atoms with van der Waals surface area (Å²) in [4.78, 5) is 29.4. The molecule has 0 aromatic heterocycles. The Bertz CT molecular complexity index is 1010. The van der Waals surface area contributed by atoms with Gasteiger partial charge < -0.3 is 14.4 Å². The van der Waals surface area contributed by atoms with Gasteiger partial charge in [0, 0.05) is 18.8 Å². The first-order valence-corrected chi connectivity index (χ1v) is 10.3. The number of anilines is 2. The van der Waals surface area contributed by atoms with E-state index in [0.717, 1.165) is 23.7 Å². The van der Waals surface area contributed by atoms with Crippen LogP contribution in [-0.2, 0) is 9.59 Å². The van der Waals surface area contributed by atoms with Crippen molar-refractivity contribution in [1.82, 2.24) is 0 Å². The summed E-state index contributed by atoms with van der Waals surface area (Å²) in [5.74, 6) is -0.00318. The molecule has 156 valence electrons. The third-order valence-corrected chi connectivity index (χ3v) is 5.88. The number of halogens is 1. The highest BCUT2D eigenvalue weighted by atomic mass is 35.5. The molecule has 1 fully saturated rings. The molecule has 0 radical (unpaired) electrons. The molecule has 6 nitrogen and oxygen atoms in total. The van der Waals surface area contributed by atoms with Crippen LogP contribution in [0.5, 0.6) is 11.5 Å². The van der Waals surface area contributed by atoms with Gasteiger partial charge in [-0.15, -0.1) is 0 Å². The summed E-state index contributed by atoms with van der Waals surface area (Å²) >= 11 is 6.31. The zero-order valence-electron chi connectivity index (χ0n) is 17.0. The van der Waals surface area contributed by atoms with Gasteiger partial charge in [0.15, 0.2) is 11.5 Å². The van der Waals surface area contributed by atoms with Gasteiger partial charge in [-0.3, -0.25) is 9.59 Å². The highest BCUT2D eigenvalue weighted by Crippen LogP contribution is 2.38. The fourth-order valence-electron chi connectivity index (χ4n) is 3.94. The zero-order chi connectivity index (χ0) is 21.3. The van der Waals surface area contributed by atoms with Crippen LogP contribution in [0.1, 0.15) is 24.8 Å². The van der Waals surface area contributed by atoms with Gasteiger partial charge in [0.2, 0.25) is 0 Å². The van der Waals surface area contributed by atoms with E-state index >= 15 is 0 Å². The third kappa shape index (κ3) is 3.52. The Morgan fingerprint density at radius 1 is 0.800 bits per heavy atom. The first-order valence-electron chi connectivity index (χ1n) is 9.91. The number of nitrogens with zero attached hydrogens (tertiary/aromatic N) is 2. The quantitative estimate of drug-likeness (QED) is 0.670. The minimum absolute atomic E-state index is 0.104. The molecule has 7 heteroatoms. The van der Waals surface area contributed by atoms with Crippen LogP contribution in [0, 0.1) is 0 Å². The van der Waals surface area contributed by atoms with Crippen LogP contribution in [0.4, 0.5) is 11.4 Å². The highest BCUT2D eigenvalue weighted by molar-refractivity contribution is 6.60. The molecular weight excluding hydrogens is 404 g/mol. The summed E-state index contributed by atoms with van der Waals surface area (Å²) in [6.45, 7) is 2.05. The predicted octanol–water partition coefficient (Wildman–Crippen LogP) is 4.22. The summed E-state index contributed by atoms with van der Waals surface area (Å²) < 4.78 is 10.6. The monoisotopic (exact) mass is 426 g/mol. The number of hydrogen-bond donors (Lipinski definition) is 0. The van der Waals surface area contributed by atoms with Crippen molar-refractivity contribution >= 4 is 40.4 Å². The molecule has 2 amide bonds. The van der Waals surface area contributed by atoms with Crippen molar-refractivity contribution in [2.24, 2.45) is 0 Å². The number of methoxy groups -OCH3 is 2. The van der Waals surface area contributed by atoms with Crippen molar-refractivity contribution in [2.45, 2.75) is 19.3 Å². The zero-order valence-corrected chi connectivity index (χ0v) is 17.7. The minimum Gasteiger partial charge on any atom is -0.493 e. The van der Waals surface area contributed by atoms with Crippen LogP contribution in [0.25, 0.3) is 5.57 Å². The normalized spacial score (nSPS) is 17.0. The van der Waals surface area contributed by atoms with E-state index in [1.165, 1.54) is 33.5 Å². The Balaban J connectivity index is 1.62. The molecule has 1 saturated heterocycles. The van der Waals surface area contributed by atoms with E-state index < -0.39 is 11.8 Å². The van der Waals surface area contributed by atoms with Crippen molar-refractivity contribution in [3.63, 3.8) is 0 Å². The number of ether oxygens (including phenoxy) is 2. The lowest BCUT2D eigenvalue weighted by Gasteiger charge is -2.29. The maximum absolute atomic E-state index is 13.1. The molecule has 0 spiro atoms. The Labute approximate surface area is 180 Å². The summed E-state index contributed by atoms with van der Waals surface area (Å²) in [6.07, 6.45) is 3.62. The molecule has 4 rings (SSSR count). The van der Waals surface area contributed by atoms with Gasteiger partial charge >= 0.3 is 0 Å². The summed E-state index contributed by atoms with van der Waals surface area (Å²) in [6, 6.07) is 12.5. The second-order valence-corrected chi connectivity index (χ2v) is 7.65. The lowest BCUT2D eigenvalue weighted by molar-refractivity contribution is -0.119. The molecule has 2 aliphatic heterocycles. The number of carbonyl (C=O) groups excluding carboxylic acids is 2. The molecule has 0 unspecified atom stereocenters. The van der Waals surface area contributed by atoms with Crippen LogP contribution in [0.15, 0.2) is 47.5 Å². The van der Waals surface area contributed by atoms with Crippen molar-refractivity contribution in [3.05, 3.63) is 53.1 Å². The second kappa shape index (κ2) is 8.40. The van der Waals surface area contributed by atoms with Crippen molar-refractivity contribution in [2.75, 3.05) is 37.1 Å². The smallest absolute Gasteiger partial charge is 0.277 e. The fraction of sp³-hybridized carbons (Fsp3) is 0.304. The third-order valence-electron chi connectivity index (χ3n) is 5.53. The van der Waals surface area contributed by atoms with E-state index in [2.05, 4.69) is 4.90 Å². The van der Waals surface area contributed by atoms with Crippen LogP contribution < -0.4 is 19.3 Å². The maximum atomic E-state index is 13.1. The number of hydrogen-bond acceptors (Lipinski definition) is 5. The molecule has 2 aliphatic rings. The molecule has 2 aromatic rings. The van der Waals surface area contributed by atoms with Gasteiger partial charge in [0.1, 0.15) is 5.03 Å². The average molecular weight is 427 g/mol. The van der Waals surface area contributed by atoms with E-state index in [1.807, 2.05) is 12.1 Å². The van der Waals surface area contributed by atoms with Gasteiger partial charge in [-0.05, 0) is 61.2 Å². The lowest BCUT2D eigenvalue weighted by Crippen LogP contribution is -2.31. The van der Waals surface area contributed by atoms with E-state index in [-0.39, 0.29) is 10.6 Å². The molecule has 0 atom stereocenters. The maximum Gasteiger partial charge on any atom is 0.277 e. The van der Waals surface area contributed by atoms with Gasteiger partial charge in [-0.1, -0.05) is 17.7 Å². The van der Waals surface area contributed by atoms with Crippen LogP contribution in [0.2, 0.25) is 0 Å². The fourth-order valence-corrected chi connectivity index (χ4v) is 4.22. The van der Waals surface area contributed by atoms with E-state index in [1.54, 1.807) is 30.3 Å². The van der Waals surface area contributed by atoms with Crippen LogP contribution in [0.3, 0.4) is 0 Å². The minimum atomic E-state index is -0.530. The SMILES string of the molecule is COc1ccc(C2=C(Cl)C(=O)N(c3ccc(N4CCCCC4)cc3)C2=O)cc1OC. The molecule has 2 aromatic carbocycles. The van der Waals surface area contributed by atoms with Gasteiger partial charge in [0.05, 0.1) is 25.5 Å². The number of carbonyl (C=O) groups is 2. The number of benzene rings is 2. The lowest BCUT2D eigenvalue weighted by atomic mass is 10.1. The van der Waals surface area contributed by atoms with Gasteiger partial charge in [-0.25, -0.2) is 4.90 Å². The molecule has 2 heterocycles. The van der Waals surface area contributed by atoms with Crippen molar-refractivity contribution in [1.29, 1.82) is 0 Å². The largest absolute Gasteiger partial charge is 0.493 e. The first-order chi connectivity index (χ1) is 14.5. The van der Waals surface area contributed by atoms with E-state index in [0.29, 0.717) is 22.7 Å². The molecule has 0 bridgehead atoms. The Morgan fingerprint density at radius 2 is 1.43 bits per heavy atom. The van der Waals surface area contributed by atoms with Crippen molar-refractivity contribution < 1.29 is 19.1 Å². The van der Waals surface area contributed by atoms with E-state index in [4.69, 9.17) is 21.1 Å². The number of piperidine rings is 1. The van der Waals surface area contributed by atoms with Crippen LogP contribution >= 0.6 is 11.6 Å². The van der Waals surface area contributed by atoms with Gasteiger partial charge in [-0.2, -0.15) is 0 Å². The summed E-state index contributed by atoms with van der Waals surface area (Å²) in [5, 5.41) is -0.104. The number of imide groups is 1. The molecule has 30 heavy (non-hydrogen) atoms. The first kappa shape index (κ1) is 20.3. The molecule has 0 aliphatic carbocycles. The van der Waals surface area contributed by atoms with Gasteiger partial charge in [0.25, 0.3) is 11.8 Å². The van der Waals surface area contributed by atoms with E-state index in [9.17, 15) is 9.59 Å². The second-order valence-electron chi connectivity index (χ2n) is 7.27. The Kier molecular flexibility index (Phi) is 5.68. The Hall–Kier alpha value is -2.99. The standard InChI is InChI=1S/C23H23ClN2O4/c1-29-18-11-6-15(14-19(18)30-2)20-21(24)23(28)26(22(20)27)17-9-7-16(8-10-17)25-12-4-3-5-13-25/h6-11,14H,3-5,12-13H2,1-2H3. The summed E-state index contributed by atoms with van der Waals surface area (Å²) in [7, 11) is 3.04. The van der Waals surface area contributed by atoms with Crippen LogP contribution in [-0.4, -0.2) is 39.1 Å². The molecule has 0 saturated carbocycles. The number of amides is 2. The predicted molar refractivity (Wildman–Crippen MR) is 117 cm³/mol.